The molecule has 18 heavy (non-hydrogen) atoms. The molecule has 6 heteroatoms. The fraction of sp³-hybridized carbons (Fsp3) is 0.833. The van der Waals surface area contributed by atoms with Gasteiger partial charge < -0.3 is 24.8 Å². The van der Waals surface area contributed by atoms with Gasteiger partial charge in [-0.3, -0.25) is 4.79 Å². The smallest absolute Gasteiger partial charge is 0.339 e. The zero-order valence-electron chi connectivity index (χ0n) is 11.3. The van der Waals surface area contributed by atoms with Gasteiger partial charge in [-0.15, -0.1) is 0 Å². The molecule has 0 aromatic rings. The standard InChI is InChI=1S/C8H15O4.C4H8O2/c1-5-7(3,9)12-6(2)8(4,10)11-5;1-4(6)2-3-5/h5-6,9-10H,3H2,1-2,4H3;5H,2-3H2,1H3/q+1;. The molecule has 4 atom stereocenters. The third-order valence-electron chi connectivity index (χ3n) is 2.65. The minimum atomic E-state index is -1.57. The maximum atomic E-state index is 9.88. The Morgan fingerprint density at radius 1 is 1.28 bits per heavy atom. The van der Waals surface area contributed by atoms with Crippen molar-refractivity contribution in [3.63, 3.8) is 0 Å². The van der Waals surface area contributed by atoms with E-state index in [0.717, 1.165) is 0 Å². The van der Waals surface area contributed by atoms with Crippen molar-refractivity contribution < 1.29 is 29.6 Å². The van der Waals surface area contributed by atoms with Crippen molar-refractivity contribution in [3.8, 4) is 0 Å². The molecule has 0 spiro atoms. The van der Waals surface area contributed by atoms with E-state index in [1.54, 1.807) is 13.8 Å². The number of carbonyl (C=O) groups excluding carboxylic acids is 1. The molecule has 0 bridgehead atoms. The Balaban J connectivity index is 0.000000411. The monoisotopic (exact) mass is 263 g/mol. The largest absolute Gasteiger partial charge is 0.396 e. The van der Waals surface area contributed by atoms with Crippen LogP contribution in [0.2, 0.25) is 0 Å². The first-order valence-corrected chi connectivity index (χ1v) is 5.79. The second-order valence-electron chi connectivity index (χ2n) is 4.60. The molecule has 3 N–H and O–H groups in total. The Labute approximate surface area is 108 Å². The van der Waals surface area contributed by atoms with Crippen LogP contribution in [-0.2, 0) is 14.3 Å². The molecule has 1 heterocycles. The summed E-state index contributed by atoms with van der Waals surface area (Å²) < 4.78 is 10.2. The van der Waals surface area contributed by atoms with E-state index in [2.05, 4.69) is 6.92 Å². The van der Waals surface area contributed by atoms with Crippen molar-refractivity contribution in [2.75, 3.05) is 6.61 Å². The lowest BCUT2D eigenvalue weighted by Gasteiger charge is -2.42. The Morgan fingerprint density at radius 3 is 2.06 bits per heavy atom. The number of Topliss-reactive ketones (excluding diaryl/α,β-unsaturated/α-hetero) is 1. The number of ether oxygens (including phenoxy) is 2. The number of hydrogen-bond donors (Lipinski definition) is 3. The van der Waals surface area contributed by atoms with Gasteiger partial charge in [-0.1, -0.05) is 0 Å². The van der Waals surface area contributed by atoms with Crippen LogP contribution in [0.3, 0.4) is 0 Å². The van der Waals surface area contributed by atoms with Crippen LogP contribution in [0, 0.1) is 6.92 Å². The molecule has 0 amide bonds. The highest BCUT2D eigenvalue weighted by molar-refractivity contribution is 5.75. The van der Waals surface area contributed by atoms with Crippen LogP contribution >= 0.6 is 0 Å². The van der Waals surface area contributed by atoms with Gasteiger partial charge in [0, 0.05) is 13.0 Å². The first kappa shape index (κ1) is 17.3. The molecular weight excluding hydrogens is 240 g/mol. The highest BCUT2D eigenvalue weighted by atomic mass is 16.7. The minimum Gasteiger partial charge on any atom is -0.396 e. The third kappa shape index (κ3) is 5.32. The molecule has 0 aromatic heterocycles. The van der Waals surface area contributed by atoms with Crippen molar-refractivity contribution in [1.29, 1.82) is 0 Å². The lowest BCUT2D eigenvalue weighted by Crippen LogP contribution is -2.60. The molecule has 1 rings (SSSR count). The number of hydrogen-bond acceptors (Lipinski definition) is 6. The third-order valence-corrected chi connectivity index (χ3v) is 2.65. The molecule has 1 aliphatic rings. The molecule has 0 aromatic carbocycles. The van der Waals surface area contributed by atoms with E-state index >= 15 is 0 Å². The lowest BCUT2D eigenvalue weighted by atomic mass is 10.1. The number of aliphatic hydroxyl groups is 3. The highest BCUT2D eigenvalue weighted by Crippen LogP contribution is 2.31. The molecule has 1 saturated heterocycles. The summed E-state index contributed by atoms with van der Waals surface area (Å²) in [5.41, 5.74) is 0. The molecule has 1 aliphatic heterocycles. The van der Waals surface area contributed by atoms with Gasteiger partial charge in [0.15, 0.2) is 11.9 Å². The van der Waals surface area contributed by atoms with Crippen LogP contribution < -0.4 is 0 Å². The van der Waals surface area contributed by atoms with Gasteiger partial charge >= 0.3 is 5.79 Å². The number of rotatable bonds is 2. The van der Waals surface area contributed by atoms with E-state index in [1.165, 1.54) is 13.8 Å². The molecule has 0 saturated carbocycles. The molecule has 0 radical (unpaired) electrons. The van der Waals surface area contributed by atoms with Crippen LogP contribution in [0.15, 0.2) is 0 Å². The van der Waals surface area contributed by atoms with Gasteiger partial charge in [-0.25, -0.2) is 0 Å². The van der Waals surface area contributed by atoms with Crippen molar-refractivity contribution in [2.24, 2.45) is 0 Å². The molecule has 1 fully saturated rings. The van der Waals surface area contributed by atoms with E-state index < -0.39 is 23.8 Å². The summed E-state index contributed by atoms with van der Waals surface area (Å²) in [6, 6.07) is 0. The van der Waals surface area contributed by atoms with Gasteiger partial charge in [-0.2, -0.15) is 0 Å². The zero-order chi connectivity index (χ0) is 14.6. The van der Waals surface area contributed by atoms with Gasteiger partial charge in [0.25, 0.3) is 0 Å². The quantitative estimate of drug-likeness (QED) is 0.607. The second-order valence-corrected chi connectivity index (χ2v) is 4.60. The van der Waals surface area contributed by atoms with E-state index in [4.69, 9.17) is 14.6 Å². The van der Waals surface area contributed by atoms with Crippen LogP contribution in [0.25, 0.3) is 0 Å². The topological polar surface area (TPSA) is 96.2 Å². The van der Waals surface area contributed by atoms with Crippen molar-refractivity contribution in [3.05, 3.63) is 6.92 Å². The summed E-state index contributed by atoms with van der Waals surface area (Å²) in [5, 5.41) is 27.1. The van der Waals surface area contributed by atoms with Crippen molar-refractivity contribution >= 4 is 5.78 Å². The summed E-state index contributed by atoms with van der Waals surface area (Å²) in [6.07, 6.45) is -0.958. The van der Waals surface area contributed by atoms with Crippen LogP contribution in [-0.4, -0.2) is 51.5 Å². The average molecular weight is 263 g/mol. The SMILES string of the molecule is CC(=O)CCO.[CH2+]C1(O)OC(C)C(C)(O)OC1C. The average Bonchev–Trinajstić information content (AvgIpc) is 2.14. The second kappa shape index (κ2) is 6.49. The highest BCUT2D eigenvalue weighted by Gasteiger charge is 2.52. The van der Waals surface area contributed by atoms with E-state index in [0.29, 0.717) is 6.42 Å². The fourth-order valence-corrected chi connectivity index (χ4v) is 1.21. The molecule has 0 aliphatic carbocycles. The molecular formula is C12H23O6+. The maximum Gasteiger partial charge on any atom is 0.339 e. The Hall–Kier alpha value is -0.660. The van der Waals surface area contributed by atoms with E-state index in [-0.39, 0.29) is 12.4 Å². The van der Waals surface area contributed by atoms with Crippen molar-refractivity contribution in [2.45, 2.75) is 57.9 Å². The fourth-order valence-electron chi connectivity index (χ4n) is 1.21. The summed E-state index contributed by atoms with van der Waals surface area (Å²) >= 11 is 0. The predicted octanol–water partition coefficient (Wildman–Crippen LogP) is -0.000810. The van der Waals surface area contributed by atoms with E-state index in [1.807, 2.05) is 0 Å². The maximum absolute atomic E-state index is 9.88. The predicted molar refractivity (Wildman–Crippen MR) is 64.4 cm³/mol. The number of ketones is 1. The molecule has 4 unspecified atom stereocenters. The summed E-state index contributed by atoms with van der Waals surface area (Å²) in [7, 11) is 0. The van der Waals surface area contributed by atoms with Gasteiger partial charge in [0.05, 0.1) is 0 Å². The first-order chi connectivity index (χ1) is 8.03. The summed E-state index contributed by atoms with van der Waals surface area (Å²) in [5.74, 6) is -2.89. The summed E-state index contributed by atoms with van der Waals surface area (Å²) in [4.78, 5) is 9.88. The Morgan fingerprint density at radius 2 is 1.78 bits per heavy atom. The van der Waals surface area contributed by atoms with Crippen molar-refractivity contribution in [1.82, 2.24) is 0 Å². The van der Waals surface area contributed by atoms with Crippen LogP contribution in [0.5, 0.6) is 0 Å². The lowest BCUT2D eigenvalue weighted by molar-refractivity contribution is -0.398. The number of aliphatic hydroxyl groups excluding tert-OH is 1. The van der Waals surface area contributed by atoms with E-state index in [9.17, 15) is 15.0 Å². The zero-order valence-corrected chi connectivity index (χ0v) is 11.3. The van der Waals surface area contributed by atoms with Gasteiger partial charge in [0.1, 0.15) is 18.8 Å². The first-order valence-electron chi connectivity index (χ1n) is 5.79. The molecule has 106 valence electrons. The van der Waals surface area contributed by atoms with Crippen LogP contribution in [0.4, 0.5) is 0 Å². The minimum absolute atomic E-state index is 0.0185. The summed E-state index contributed by atoms with van der Waals surface area (Å²) in [6.45, 7) is 9.55. The number of carbonyl (C=O) groups is 1. The van der Waals surface area contributed by atoms with Gasteiger partial charge in [-0.05, 0) is 27.7 Å². The molecule has 6 nitrogen and oxygen atoms in total. The normalized spacial score (nSPS) is 39.7. The van der Waals surface area contributed by atoms with Crippen LogP contribution in [0.1, 0.15) is 34.1 Å². The Kier molecular flexibility index (Phi) is 6.25. The van der Waals surface area contributed by atoms with Gasteiger partial charge in [0.2, 0.25) is 0 Å². The Bertz CT molecular complexity index is 254.